The van der Waals surface area contributed by atoms with E-state index in [9.17, 15) is 0 Å². The number of likely N-dealkylation sites (N-methyl/N-ethyl adjacent to an activating group) is 1. The molecule has 22 heavy (non-hydrogen) atoms. The predicted octanol–water partition coefficient (Wildman–Crippen LogP) is 2.60. The fraction of sp³-hybridized carbons (Fsp3) is 0.375. The summed E-state index contributed by atoms with van der Waals surface area (Å²) in [4.78, 5) is 14.0. The first kappa shape index (κ1) is 13.8. The van der Waals surface area contributed by atoms with Crippen molar-refractivity contribution in [2.75, 3.05) is 38.1 Å². The van der Waals surface area contributed by atoms with Crippen molar-refractivity contribution in [2.24, 2.45) is 0 Å². The van der Waals surface area contributed by atoms with Crippen molar-refractivity contribution in [3.05, 3.63) is 35.2 Å². The second kappa shape index (κ2) is 5.11. The summed E-state index contributed by atoms with van der Waals surface area (Å²) in [7, 11) is 2.16. The van der Waals surface area contributed by atoms with Gasteiger partial charge >= 0.3 is 0 Å². The normalized spacial score (nSPS) is 16.8. The Kier molecular flexibility index (Phi) is 3.20. The number of rotatable bonds is 1. The number of aryl methyl sites for hydroxylation is 1. The van der Waals surface area contributed by atoms with Crippen molar-refractivity contribution in [1.82, 2.24) is 19.3 Å². The van der Waals surface area contributed by atoms with Crippen molar-refractivity contribution in [1.29, 1.82) is 0 Å². The maximum Gasteiger partial charge on any atom is 0.212 e. The average Bonchev–Trinajstić information content (AvgIpc) is 2.90. The quantitative estimate of drug-likeness (QED) is 0.691. The summed E-state index contributed by atoms with van der Waals surface area (Å²) < 4.78 is 2.10. The lowest BCUT2D eigenvalue weighted by Gasteiger charge is -2.33. The highest BCUT2D eigenvalue weighted by Gasteiger charge is 2.20. The molecular formula is C16H18ClN5. The van der Waals surface area contributed by atoms with Crippen LogP contribution in [0.5, 0.6) is 0 Å². The van der Waals surface area contributed by atoms with Crippen LogP contribution in [0.25, 0.3) is 16.4 Å². The fourth-order valence-electron chi connectivity index (χ4n) is 3.10. The maximum absolute atomic E-state index is 6.17. The van der Waals surface area contributed by atoms with Crippen LogP contribution in [-0.2, 0) is 0 Å². The van der Waals surface area contributed by atoms with Gasteiger partial charge < -0.3 is 9.80 Å². The topological polar surface area (TPSA) is 36.7 Å². The first-order chi connectivity index (χ1) is 10.6. The first-order valence-corrected chi connectivity index (χ1v) is 7.88. The van der Waals surface area contributed by atoms with E-state index in [1.165, 1.54) is 0 Å². The molecule has 5 nitrogen and oxygen atoms in total. The second-order valence-corrected chi connectivity index (χ2v) is 6.35. The van der Waals surface area contributed by atoms with Crippen LogP contribution in [0.1, 0.15) is 5.69 Å². The van der Waals surface area contributed by atoms with Gasteiger partial charge in [0.1, 0.15) is 6.33 Å². The molecule has 0 radical (unpaired) electrons. The van der Waals surface area contributed by atoms with E-state index < -0.39 is 0 Å². The third-order valence-corrected chi connectivity index (χ3v) is 4.62. The van der Waals surface area contributed by atoms with Gasteiger partial charge in [0.25, 0.3) is 0 Å². The van der Waals surface area contributed by atoms with Gasteiger partial charge in [0.2, 0.25) is 5.95 Å². The first-order valence-electron chi connectivity index (χ1n) is 7.50. The molecule has 4 rings (SSSR count). The number of nitrogens with zero attached hydrogens (tertiary/aromatic N) is 5. The largest absolute Gasteiger partial charge is 0.339 e. The number of piperazine rings is 1. The summed E-state index contributed by atoms with van der Waals surface area (Å²) >= 11 is 6.17. The minimum absolute atomic E-state index is 0.726. The zero-order chi connectivity index (χ0) is 15.3. The van der Waals surface area contributed by atoms with Crippen LogP contribution in [0.15, 0.2) is 24.5 Å². The van der Waals surface area contributed by atoms with Gasteiger partial charge in [-0.3, -0.25) is 4.40 Å². The number of benzene rings is 1. The molecule has 3 aromatic rings. The Morgan fingerprint density at radius 2 is 1.91 bits per heavy atom. The van der Waals surface area contributed by atoms with Crippen molar-refractivity contribution >= 4 is 34.0 Å². The van der Waals surface area contributed by atoms with E-state index >= 15 is 0 Å². The summed E-state index contributed by atoms with van der Waals surface area (Å²) in [6.45, 7) is 6.10. The fourth-order valence-corrected chi connectivity index (χ4v) is 3.27. The summed E-state index contributed by atoms with van der Waals surface area (Å²) in [6, 6.07) is 5.86. The van der Waals surface area contributed by atoms with Gasteiger partial charge in [-0.1, -0.05) is 11.6 Å². The number of hydrogen-bond acceptors (Lipinski definition) is 4. The monoisotopic (exact) mass is 315 g/mol. The maximum atomic E-state index is 6.17. The molecule has 0 unspecified atom stereocenters. The van der Waals surface area contributed by atoms with Crippen LogP contribution in [0.3, 0.4) is 0 Å². The standard InChI is InChI=1S/C16H18ClN5/c1-11-15-13-9-12(17)3-4-14(13)19-16(22(15)10-18-11)21-7-5-20(2)6-8-21/h3-4,9-10H,5-8H2,1-2H3. The van der Waals surface area contributed by atoms with Gasteiger partial charge in [0.15, 0.2) is 0 Å². The average molecular weight is 316 g/mol. The molecule has 0 spiro atoms. The van der Waals surface area contributed by atoms with Gasteiger partial charge in [-0.05, 0) is 32.2 Å². The van der Waals surface area contributed by atoms with E-state index in [1.54, 1.807) is 0 Å². The lowest BCUT2D eigenvalue weighted by Crippen LogP contribution is -2.45. The Bertz CT molecular complexity index is 848. The molecule has 0 saturated carbocycles. The summed E-state index contributed by atoms with van der Waals surface area (Å²) in [5.74, 6) is 0.971. The number of halogens is 1. The molecule has 0 aliphatic carbocycles. The molecule has 114 valence electrons. The third kappa shape index (κ3) is 2.12. The van der Waals surface area contributed by atoms with E-state index in [1.807, 2.05) is 31.5 Å². The zero-order valence-electron chi connectivity index (χ0n) is 12.8. The molecule has 0 atom stereocenters. The Morgan fingerprint density at radius 1 is 1.14 bits per heavy atom. The van der Waals surface area contributed by atoms with Crippen molar-refractivity contribution < 1.29 is 0 Å². The molecule has 0 N–H and O–H groups in total. The summed E-state index contributed by atoms with van der Waals surface area (Å²) in [6.07, 6.45) is 1.87. The van der Waals surface area contributed by atoms with Crippen LogP contribution in [-0.4, -0.2) is 52.5 Å². The molecule has 3 heterocycles. The number of fused-ring (bicyclic) bond motifs is 3. The van der Waals surface area contributed by atoms with Gasteiger partial charge in [-0.2, -0.15) is 0 Å². The summed E-state index contributed by atoms with van der Waals surface area (Å²) in [5.41, 5.74) is 3.07. The molecule has 1 saturated heterocycles. The van der Waals surface area contributed by atoms with Gasteiger partial charge in [0.05, 0.1) is 16.7 Å². The SMILES string of the molecule is Cc1ncn2c(N3CCN(C)CC3)nc3ccc(Cl)cc3c12. The van der Waals surface area contributed by atoms with E-state index in [-0.39, 0.29) is 0 Å². The Labute approximate surface area is 134 Å². The lowest BCUT2D eigenvalue weighted by atomic mass is 10.2. The molecule has 6 heteroatoms. The van der Waals surface area contributed by atoms with E-state index in [0.717, 1.165) is 59.3 Å². The molecular weight excluding hydrogens is 298 g/mol. The molecule has 2 aromatic heterocycles. The molecule has 1 aromatic carbocycles. The van der Waals surface area contributed by atoms with Crippen LogP contribution in [0.2, 0.25) is 5.02 Å². The van der Waals surface area contributed by atoms with E-state index in [2.05, 4.69) is 26.2 Å². The van der Waals surface area contributed by atoms with Crippen molar-refractivity contribution in [2.45, 2.75) is 6.92 Å². The van der Waals surface area contributed by atoms with Crippen LogP contribution in [0, 0.1) is 6.92 Å². The predicted molar refractivity (Wildman–Crippen MR) is 90.0 cm³/mol. The lowest BCUT2D eigenvalue weighted by molar-refractivity contribution is 0.311. The number of hydrogen-bond donors (Lipinski definition) is 0. The Morgan fingerprint density at radius 3 is 2.68 bits per heavy atom. The molecule has 0 bridgehead atoms. The summed E-state index contributed by atoms with van der Waals surface area (Å²) in [5, 5.41) is 1.78. The zero-order valence-corrected chi connectivity index (χ0v) is 13.5. The molecule has 1 aliphatic rings. The minimum atomic E-state index is 0.726. The number of anilines is 1. The highest BCUT2D eigenvalue weighted by molar-refractivity contribution is 6.31. The van der Waals surface area contributed by atoms with Crippen molar-refractivity contribution in [3.63, 3.8) is 0 Å². The Balaban J connectivity index is 1.96. The molecule has 0 amide bonds. The highest BCUT2D eigenvalue weighted by atomic mass is 35.5. The van der Waals surface area contributed by atoms with E-state index in [4.69, 9.17) is 16.6 Å². The third-order valence-electron chi connectivity index (χ3n) is 4.39. The Hall–Kier alpha value is -1.85. The second-order valence-electron chi connectivity index (χ2n) is 5.91. The van der Waals surface area contributed by atoms with Gasteiger partial charge in [-0.25, -0.2) is 9.97 Å². The molecule has 1 aliphatic heterocycles. The number of aromatic nitrogens is 3. The van der Waals surface area contributed by atoms with E-state index in [0.29, 0.717) is 0 Å². The van der Waals surface area contributed by atoms with Crippen LogP contribution in [0.4, 0.5) is 5.95 Å². The molecule has 1 fully saturated rings. The van der Waals surface area contributed by atoms with Crippen LogP contribution < -0.4 is 4.90 Å². The minimum Gasteiger partial charge on any atom is -0.339 e. The highest BCUT2D eigenvalue weighted by Crippen LogP contribution is 2.28. The van der Waals surface area contributed by atoms with Crippen molar-refractivity contribution in [3.8, 4) is 0 Å². The van der Waals surface area contributed by atoms with Crippen LogP contribution >= 0.6 is 11.6 Å². The smallest absolute Gasteiger partial charge is 0.212 e. The number of imidazole rings is 1. The van der Waals surface area contributed by atoms with Gasteiger partial charge in [-0.15, -0.1) is 0 Å². The van der Waals surface area contributed by atoms with Gasteiger partial charge in [0, 0.05) is 36.6 Å².